The largest absolute Gasteiger partial charge is 0.344 e. The first-order chi connectivity index (χ1) is 9.18. The Balaban J connectivity index is 1.91. The Bertz CT molecular complexity index is 510. The summed E-state index contributed by atoms with van der Waals surface area (Å²) in [5.41, 5.74) is 6.86. The number of rotatable bonds is 5. The summed E-state index contributed by atoms with van der Waals surface area (Å²) >= 11 is 1.71. The molecule has 0 saturated heterocycles. The van der Waals surface area contributed by atoms with Gasteiger partial charge in [-0.15, -0.1) is 11.3 Å². The maximum atomic E-state index is 12.2. The summed E-state index contributed by atoms with van der Waals surface area (Å²) in [4.78, 5) is 15.2. The lowest BCUT2D eigenvalue weighted by Gasteiger charge is -2.21. The number of carbonyl (C=O) groups is 1. The minimum atomic E-state index is -0.575. The van der Waals surface area contributed by atoms with Gasteiger partial charge in [-0.1, -0.05) is 36.4 Å². The molecule has 2 aromatic rings. The molecule has 1 aromatic carbocycles. The maximum Gasteiger partial charge on any atom is 0.243 e. The molecule has 0 aliphatic heterocycles. The Labute approximate surface area is 117 Å². The molecule has 2 rings (SSSR count). The number of benzene rings is 1. The number of likely N-dealkylation sites (N-methyl/N-ethyl adjacent to an activating group) is 1. The lowest BCUT2D eigenvalue weighted by Crippen LogP contribution is -2.36. The maximum absolute atomic E-state index is 12.2. The smallest absolute Gasteiger partial charge is 0.243 e. The van der Waals surface area contributed by atoms with Gasteiger partial charge < -0.3 is 10.6 Å². The second-order valence-corrected chi connectivity index (χ2v) is 5.51. The van der Waals surface area contributed by atoms with Crippen LogP contribution in [0.1, 0.15) is 16.5 Å². The van der Waals surface area contributed by atoms with E-state index in [0.717, 1.165) is 12.0 Å². The van der Waals surface area contributed by atoms with Crippen LogP contribution in [0.4, 0.5) is 0 Å². The van der Waals surface area contributed by atoms with Crippen molar-refractivity contribution < 1.29 is 4.79 Å². The zero-order chi connectivity index (χ0) is 13.7. The van der Waals surface area contributed by atoms with E-state index in [1.165, 1.54) is 4.88 Å². The molecule has 3 nitrogen and oxygen atoms in total. The normalized spacial score (nSPS) is 12.1. The number of hydrogen-bond donors (Lipinski definition) is 1. The molecule has 19 heavy (non-hydrogen) atoms. The van der Waals surface area contributed by atoms with Crippen LogP contribution in [0, 0.1) is 0 Å². The van der Waals surface area contributed by atoms with Crippen molar-refractivity contribution in [2.75, 3.05) is 13.6 Å². The van der Waals surface area contributed by atoms with Crippen LogP contribution in [-0.2, 0) is 11.2 Å². The van der Waals surface area contributed by atoms with Crippen LogP contribution in [0.5, 0.6) is 0 Å². The van der Waals surface area contributed by atoms with E-state index < -0.39 is 6.04 Å². The molecule has 0 aliphatic rings. The summed E-state index contributed by atoms with van der Waals surface area (Å²) in [6.07, 6.45) is 0.876. The topological polar surface area (TPSA) is 46.3 Å². The third-order valence-corrected chi connectivity index (χ3v) is 4.01. The standard InChI is InChI=1S/C15H18N2OS/c1-17(10-9-13-8-5-11-19-13)15(18)14(16)12-6-3-2-4-7-12/h2-8,11,14H,9-10,16H2,1H3/t14-/m0/s1. The van der Waals surface area contributed by atoms with Crippen LogP contribution in [0.25, 0.3) is 0 Å². The average Bonchev–Trinajstić information content (AvgIpc) is 2.97. The van der Waals surface area contributed by atoms with Crippen LogP contribution in [0.15, 0.2) is 47.8 Å². The van der Waals surface area contributed by atoms with Gasteiger partial charge in [0.1, 0.15) is 6.04 Å². The Morgan fingerprint density at radius 1 is 1.26 bits per heavy atom. The van der Waals surface area contributed by atoms with Gasteiger partial charge in [0.25, 0.3) is 0 Å². The van der Waals surface area contributed by atoms with Gasteiger partial charge in [0.2, 0.25) is 5.91 Å². The monoisotopic (exact) mass is 274 g/mol. The minimum Gasteiger partial charge on any atom is -0.344 e. The first-order valence-electron chi connectivity index (χ1n) is 6.26. The van der Waals surface area contributed by atoms with Crippen molar-refractivity contribution in [3.63, 3.8) is 0 Å². The second kappa shape index (κ2) is 6.50. The number of hydrogen-bond acceptors (Lipinski definition) is 3. The lowest BCUT2D eigenvalue weighted by molar-refractivity contribution is -0.131. The Morgan fingerprint density at radius 2 is 2.00 bits per heavy atom. The van der Waals surface area contributed by atoms with E-state index in [1.807, 2.05) is 41.8 Å². The van der Waals surface area contributed by atoms with Crippen LogP contribution in [0.3, 0.4) is 0 Å². The van der Waals surface area contributed by atoms with Crippen LogP contribution < -0.4 is 5.73 Å². The quantitative estimate of drug-likeness (QED) is 0.910. The van der Waals surface area contributed by atoms with E-state index in [2.05, 4.69) is 6.07 Å². The molecule has 0 saturated carbocycles. The average molecular weight is 274 g/mol. The first kappa shape index (κ1) is 13.8. The van der Waals surface area contributed by atoms with Crippen LogP contribution >= 0.6 is 11.3 Å². The molecule has 1 atom stereocenters. The third-order valence-electron chi connectivity index (χ3n) is 3.07. The summed E-state index contributed by atoms with van der Waals surface area (Å²) in [5.74, 6) is -0.0391. The molecule has 0 unspecified atom stereocenters. The van der Waals surface area contributed by atoms with E-state index in [-0.39, 0.29) is 5.91 Å². The summed E-state index contributed by atoms with van der Waals surface area (Å²) in [5, 5.41) is 2.05. The SMILES string of the molecule is CN(CCc1cccs1)C(=O)[C@@H](N)c1ccccc1. The van der Waals surface area contributed by atoms with Gasteiger partial charge in [0.05, 0.1) is 0 Å². The van der Waals surface area contributed by atoms with Crippen molar-refractivity contribution >= 4 is 17.2 Å². The number of thiophene rings is 1. The molecular formula is C15H18N2OS. The fourth-order valence-electron chi connectivity index (χ4n) is 1.88. The summed E-state index contributed by atoms with van der Waals surface area (Å²) in [6, 6.07) is 13.0. The summed E-state index contributed by atoms with van der Waals surface area (Å²) in [6.45, 7) is 0.694. The predicted molar refractivity (Wildman–Crippen MR) is 79.0 cm³/mol. The number of carbonyl (C=O) groups excluding carboxylic acids is 1. The molecule has 100 valence electrons. The highest BCUT2D eigenvalue weighted by atomic mass is 32.1. The lowest BCUT2D eigenvalue weighted by atomic mass is 10.1. The fraction of sp³-hybridized carbons (Fsp3) is 0.267. The van der Waals surface area contributed by atoms with Crippen LogP contribution in [-0.4, -0.2) is 24.4 Å². The molecule has 2 N–H and O–H groups in total. The molecule has 0 fully saturated rings. The van der Waals surface area contributed by atoms with Crippen LogP contribution in [0.2, 0.25) is 0 Å². The van der Waals surface area contributed by atoms with Gasteiger partial charge in [-0.05, 0) is 23.4 Å². The van der Waals surface area contributed by atoms with E-state index in [1.54, 1.807) is 23.3 Å². The van der Waals surface area contributed by atoms with Crippen molar-refractivity contribution in [3.05, 3.63) is 58.3 Å². The Hall–Kier alpha value is -1.65. The molecule has 0 spiro atoms. The molecule has 0 radical (unpaired) electrons. The van der Waals surface area contributed by atoms with Crippen molar-refractivity contribution in [1.82, 2.24) is 4.90 Å². The van der Waals surface area contributed by atoms with Gasteiger partial charge in [0, 0.05) is 18.5 Å². The van der Waals surface area contributed by atoms with Gasteiger partial charge >= 0.3 is 0 Å². The molecule has 0 bridgehead atoms. The van der Waals surface area contributed by atoms with Crippen molar-refractivity contribution in [1.29, 1.82) is 0 Å². The van der Waals surface area contributed by atoms with Crippen molar-refractivity contribution in [2.45, 2.75) is 12.5 Å². The highest BCUT2D eigenvalue weighted by molar-refractivity contribution is 7.09. The van der Waals surface area contributed by atoms with E-state index >= 15 is 0 Å². The molecule has 4 heteroatoms. The van der Waals surface area contributed by atoms with Gasteiger partial charge in [0.15, 0.2) is 0 Å². The zero-order valence-electron chi connectivity index (χ0n) is 11.0. The molecule has 0 aliphatic carbocycles. The second-order valence-electron chi connectivity index (χ2n) is 4.48. The highest BCUT2D eigenvalue weighted by Crippen LogP contribution is 2.14. The van der Waals surface area contributed by atoms with E-state index in [9.17, 15) is 4.79 Å². The summed E-state index contributed by atoms with van der Waals surface area (Å²) in [7, 11) is 1.80. The molecule has 1 amide bonds. The number of amides is 1. The number of nitrogens with zero attached hydrogens (tertiary/aromatic N) is 1. The number of nitrogens with two attached hydrogens (primary N) is 1. The fourth-order valence-corrected chi connectivity index (χ4v) is 2.58. The first-order valence-corrected chi connectivity index (χ1v) is 7.14. The Kier molecular flexibility index (Phi) is 4.71. The van der Waals surface area contributed by atoms with E-state index in [0.29, 0.717) is 6.54 Å². The molecule has 1 aromatic heterocycles. The highest BCUT2D eigenvalue weighted by Gasteiger charge is 2.19. The van der Waals surface area contributed by atoms with Gasteiger partial charge in [-0.25, -0.2) is 0 Å². The third kappa shape index (κ3) is 3.66. The van der Waals surface area contributed by atoms with Gasteiger partial charge in [-0.2, -0.15) is 0 Å². The predicted octanol–water partition coefficient (Wildman–Crippen LogP) is 2.45. The Morgan fingerprint density at radius 3 is 2.63 bits per heavy atom. The van der Waals surface area contributed by atoms with Gasteiger partial charge in [-0.3, -0.25) is 4.79 Å². The van der Waals surface area contributed by atoms with Crippen molar-refractivity contribution in [2.24, 2.45) is 5.73 Å². The molecular weight excluding hydrogens is 256 g/mol. The van der Waals surface area contributed by atoms with E-state index in [4.69, 9.17) is 5.73 Å². The summed E-state index contributed by atoms with van der Waals surface area (Å²) < 4.78 is 0. The van der Waals surface area contributed by atoms with Crippen molar-refractivity contribution in [3.8, 4) is 0 Å². The zero-order valence-corrected chi connectivity index (χ0v) is 11.8. The molecule has 1 heterocycles. The minimum absolute atomic E-state index is 0.0391.